The van der Waals surface area contributed by atoms with Crippen molar-refractivity contribution in [2.45, 2.75) is 19.6 Å². The maximum Gasteiger partial charge on any atom is 0.0900 e. The highest BCUT2D eigenvalue weighted by molar-refractivity contribution is 5.21. The Bertz CT molecular complexity index is 486. The molecule has 1 aliphatic heterocycles. The summed E-state index contributed by atoms with van der Waals surface area (Å²) in [4.78, 5) is 4.73. The molecule has 0 amide bonds. The maximum atomic E-state index is 10.3. The van der Waals surface area contributed by atoms with Crippen LogP contribution in [0, 0.1) is 6.92 Å². The van der Waals surface area contributed by atoms with Crippen LogP contribution in [-0.4, -0.2) is 80.2 Å². The SMILES string of the molecule is C=CCOC[C@H](O)CN(CCN1CCOCC1)Cc1ccc(C)cc1. The molecule has 1 saturated heterocycles. The average molecular weight is 348 g/mol. The molecule has 25 heavy (non-hydrogen) atoms. The summed E-state index contributed by atoms with van der Waals surface area (Å²) in [6, 6.07) is 8.60. The van der Waals surface area contributed by atoms with Crippen LogP contribution in [-0.2, 0) is 16.0 Å². The van der Waals surface area contributed by atoms with Gasteiger partial charge in [0.1, 0.15) is 0 Å². The lowest BCUT2D eigenvalue weighted by Gasteiger charge is -2.31. The molecule has 0 radical (unpaired) electrons. The van der Waals surface area contributed by atoms with Crippen molar-refractivity contribution in [2.75, 3.05) is 59.2 Å². The molecule has 0 bridgehead atoms. The number of rotatable bonds is 11. The van der Waals surface area contributed by atoms with Gasteiger partial charge in [0.2, 0.25) is 0 Å². The first-order chi connectivity index (χ1) is 12.2. The number of ether oxygens (including phenoxy) is 2. The van der Waals surface area contributed by atoms with Crippen molar-refractivity contribution in [1.82, 2.24) is 9.80 Å². The fourth-order valence-corrected chi connectivity index (χ4v) is 2.93. The molecule has 2 rings (SSSR count). The Balaban J connectivity index is 1.86. The summed E-state index contributed by atoms with van der Waals surface area (Å²) in [6.45, 7) is 13.5. The van der Waals surface area contributed by atoms with Gasteiger partial charge in [-0.25, -0.2) is 0 Å². The van der Waals surface area contributed by atoms with Crippen molar-refractivity contribution < 1.29 is 14.6 Å². The van der Waals surface area contributed by atoms with E-state index >= 15 is 0 Å². The van der Waals surface area contributed by atoms with Gasteiger partial charge in [-0.3, -0.25) is 9.80 Å². The summed E-state index contributed by atoms with van der Waals surface area (Å²) >= 11 is 0. The van der Waals surface area contributed by atoms with E-state index in [1.54, 1.807) is 6.08 Å². The second-order valence-electron chi connectivity index (χ2n) is 6.65. The zero-order valence-corrected chi connectivity index (χ0v) is 15.4. The fourth-order valence-electron chi connectivity index (χ4n) is 2.93. The van der Waals surface area contributed by atoms with Crippen molar-refractivity contribution >= 4 is 0 Å². The van der Waals surface area contributed by atoms with Crippen LogP contribution in [0.25, 0.3) is 0 Å². The van der Waals surface area contributed by atoms with Crippen molar-refractivity contribution in [3.63, 3.8) is 0 Å². The number of hydrogen-bond acceptors (Lipinski definition) is 5. The Hall–Kier alpha value is -1.24. The molecule has 1 heterocycles. The second-order valence-corrected chi connectivity index (χ2v) is 6.65. The molecule has 1 atom stereocenters. The van der Waals surface area contributed by atoms with E-state index in [1.807, 2.05) is 0 Å². The molecule has 0 aliphatic carbocycles. The van der Waals surface area contributed by atoms with Gasteiger partial charge in [-0.15, -0.1) is 6.58 Å². The minimum Gasteiger partial charge on any atom is -0.389 e. The lowest BCUT2D eigenvalue weighted by Crippen LogP contribution is -2.43. The Labute approximate surface area is 151 Å². The van der Waals surface area contributed by atoms with Crippen molar-refractivity contribution in [1.29, 1.82) is 0 Å². The van der Waals surface area contributed by atoms with Gasteiger partial charge in [0.15, 0.2) is 0 Å². The van der Waals surface area contributed by atoms with Crippen LogP contribution in [0.1, 0.15) is 11.1 Å². The molecule has 140 valence electrons. The smallest absolute Gasteiger partial charge is 0.0900 e. The molecule has 0 aromatic heterocycles. The predicted octanol–water partition coefficient (Wildman–Crippen LogP) is 1.69. The highest BCUT2D eigenvalue weighted by atomic mass is 16.5. The normalized spacial score (nSPS) is 16.9. The summed E-state index contributed by atoms with van der Waals surface area (Å²) in [5.41, 5.74) is 2.54. The fraction of sp³-hybridized carbons (Fsp3) is 0.600. The van der Waals surface area contributed by atoms with Crippen LogP contribution < -0.4 is 0 Å². The second kappa shape index (κ2) is 11.4. The van der Waals surface area contributed by atoms with E-state index in [4.69, 9.17) is 9.47 Å². The van der Waals surface area contributed by atoms with Gasteiger partial charge in [0, 0.05) is 39.3 Å². The first-order valence-corrected chi connectivity index (χ1v) is 9.12. The number of aryl methyl sites for hydroxylation is 1. The van der Waals surface area contributed by atoms with E-state index in [1.165, 1.54) is 11.1 Å². The summed E-state index contributed by atoms with van der Waals surface area (Å²) in [5, 5.41) is 10.3. The number of benzene rings is 1. The zero-order chi connectivity index (χ0) is 17.9. The first-order valence-electron chi connectivity index (χ1n) is 9.12. The third-order valence-electron chi connectivity index (χ3n) is 4.38. The van der Waals surface area contributed by atoms with E-state index in [2.05, 4.69) is 47.6 Å². The van der Waals surface area contributed by atoms with Crippen LogP contribution in [0.15, 0.2) is 36.9 Å². The lowest BCUT2D eigenvalue weighted by molar-refractivity contribution is 0.0128. The lowest BCUT2D eigenvalue weighted by atomic mass is 10.1. The Morgan fingerprint density at radius 3 is 2.72 bits per heavy atom. The maximum absolute atomic E-state index is 10.3. The quantitative estimate of drug-likeness (QED) is 0.487. The highest BCUT2D eigenvalue weighted by Gasteiger charge is 2.16. The van der Waals surface area contributed by atoms with Crippen molar-refractivity contribution in [2.24, 2.45) is 0 Å². The zero-order valence-electron chi connectivity index (χ0n) is 15.4. The number of aliphatic hydroxyl groups is 1. The van der Waals surface area contributed by atoms with E-state index in [9.17, 15) is 5.11 Å². The Morgan fingerprint density at radius 1 is 1.32 bits per heavy atom. The van der Waals surface area contributed by atoms with Gasteiger partial charge >= 0.3 is 0 Å². The largest absolute Gasteiger partial charge is 0.389 e. The Morgan fingerprint density at radius 2 is 2.04 bits per heavy atom. The monoisotopic (exact) mass is 348 g/mol. The summed E-state index contributed by atoms with van der Waals surface area (Å²) < 4.78 is 10.8. The van der Waals surface area contributed by atoms with E-state index in [-0.39, 0.29) is 0 Å². The van der Waals surface area contributed by atoms with E-state index < -0.39 is 6.10 Å². The molecule has 0 unspecified atom stereocenters. The minimum absolute atomic E-state index is 0.341. The van der Waals surface area contributed by atoms with Crippen LogP contribution >= 0.6 is 0 Å². The number of hydrogen-bond donors (Lipinski definition) is 1. The van der Waals surface area contributed by atoms with E-state index in [0.717, 1.165) is 45.9 Å². The third kappa shape index (κ3) is 8.12. The van der Waals surface area contributed by atoms with Gasteiger partial charge in [0.25, 0.3) is 0 Å². The van der Waals surface area contributed by atoms with Gasteiger partial charge in [0.05, 0.1) is 32.5 Å². The number of aliphatic hydroxyl groups excluding tert-OH is 1. The molecule has 5 nitrogen and oxygen atoms in total. The van der Waals surface area contributed by atoms with Crippen LogP contribution in [0.4, 0.5) is 0 Å². The standard InChI is InChI=1S/C20H32N2O3/c1-3-12-25-17-20(23)16-22(9-8-21-10-13-24-14-11-21)15-19-6-4-18(2)5-7-19/h3-7,20,23H,1,8-17H2,2H3/t20-/m1/s1. The third-order valence-corrected chi connectivity index (χ3v) is 4.38. The number of nitrogens with zero attached hydrogens (tertiary/aromatic N) is 2. The summed E-state index contributed by atoms with van der Waals surface area (Å²) in [6.07, 6.45) is 1.21. The molecular formula is C20H32N2O3. The molecule has 0 saturated carbocycles. The van der Waals surface area contributed by atoms with Gasteiger partial charge in [-0.05, 0) is 12.5 Å². The molecule has 5 heteroatoms. The minimum atomic E-state index is -0.491. The topological polar surface area (TPSA) is 45.2 Å². The first kappa shape index (κ1) is 20.1. The Kier molecular flexibility index (Phi) is 9.15. The molecule has 1 aromatic rings. The van der Waals surface area contributed by atoms with Gasteiger partial charge < -0.3 is 14.6 Å². The molecular weight excluding hydrogens is 316 g/mol. The van der Waals surface area contributed by atoms with Gasteiger partial charge in [-0.1, -0.05) is 35.9 Å². The summed E-state index contributed by atoms with van der Waals surface area (Å²) in [5.74, 6) is 0. The van der Waals surface area contributed by atoms with Gasteiger partial charge in [-0.2, -0.15) is 0 Å². The van der Waals surface area contributed by atoms with Crippen LogP contribution in [0.5, 0.6) is 0 Å². The molecule has 1 aliphatic rings. The van der Waals surface area contributed by atoms with Crippen LogP contribution in [0.2, 0.25) is 0 Å². The average Bonchev–Trinajstić information content (AvgIpc) is 2.63. The molecule has 1 fully saturated rings. The molecule has 1 aromatic carbocycles. The summed E-state index contributed by atoms with van der Waals surface area (Å²) in [7, 11) is 0. The molecule has 1 N–H and O–H groups in total. The number of morpholine rings is 1. The van der Waals surface area contributed by atoms with Crippen LogP contribution in [0.3, 0.4) is 0 Å². The van der Waals surface area contributed by atoms with Crippen molar-refractivity contribution in [3.05, 3.63) is 48.0 Å². The highest BCUT2D eigenvalue weighted by Crippen LogP contribution is 2.09. The van der Waals surface area contributed by atoms with E-state index in [0.29, 0.717) is 19.8 Å². The predicted molar refractivity (Wildman–Crippen MR) is 101 cm³/mol. The molecule has 0 spiro atoms. The van der Waals surface area contributed by atoms with Crippen molar-refractivity contribution in [3.8, 4) is 0 Å².